The molecule has 92 valence electrons. The number of nitrogens with zero attached hydrogens (tertiary/aromatic N) is 2. The molecule has 17 heavy (non-hydrogen) atoms. The first-order valence-electron chi connectivity index (χ1n) is 5.36. The number of carboxylic acids is 1. The standard InChI is InChI=1S/C12H16N2O3/c1-8(2)7-14(3)11(15)9-4-5-13-10(6-9)12(16)17/h4-6,8H,7H2,1-3H3,(H,16,17). The summed E-state index contributed by atoms with van der Waals surface area (Å²) in [7, 11) is 1.70. The lowest BCUT2D eigenvalue weighted by Crippen LogP contribution is -2.30. The number of carboxylic acid groups (broad SMARTS) is 1. The highest BCUT2D eigenvalue weighted by molar-refractivity contribution is 5.96. The highest BCUT2D eigenvalue weighted by Crippen LogP contribution is 2.07. The van der Waals surface area contributed by atoms with Gasteiger partial charge in [-0.05, 0) is 18.1 Å². The van der Waals surface area contributed by atoms with E-state index in [9.17, 15) is 9.59 Å². The van der Waals surface area contributed by atoms with Crippen LogP contribution in [0.15, 0.2) is 18.3 Å². The third-order valence-electron chi connectivity index (χ3n) is 2.21. The molecule has 1 aromatic heterocycles. The largest absolute Gasteiger partial charge is 0.477 e. The predicted octanol–water partition coefficient (Wildman–Crippen LogP) is 1.51. The molecule has 1 N–H and O–H groups in total. The van der Waals surface area contributed by atoms with Crippen molar-refractivity contribution in [2.24, 2.45) is 5.92 Å². The second kappa shape index (κ2) is 5.43. The number of carbonyl (C=O) groups excluding carboxylic acids is 1. The molecule has 0 bridgehead atoms. The zero-order valence-corrected chi connectivity index (χ0v) is 10.2. The Bertz CT molecular complexity index is 430. The molecule has 1 aromatic rings. The Kier molecular flexibility index (Phi) is 4.20. The Morgan fingerprint density at radius 3 is 2.65 bits per heavy atom. The lowest BCUT2D eigenvalue weighted by molar-refractivity contribution is 0.0690. The molecule has 0 aliphatic carbocycles. The Balaban J connectivity index is 2.89. The van der Waals surface area contributed by atoms with E-state index >= 15 is 0 Å². The van der Waals surface area contributed by atoms with E-state index in [1.54, 1.807) is 11.9 Å². The normalized spacial score (nSPS) is 10.4. The van der Waals surface area contributed by atoms with Crippen LogP contribution in [0.5, 0.6) is 0 Å². The summed E-state index contributed by atoms with van der Waals surface area (Å²) in [5, 5.41) is 8.79. The molecule has 0 radical (unpaired) electrons. The van der Waals surface area contributed by atoms with Crippen LogP contribution in [0, 0.1) is 5.92 Å². The zero-order chi connectivity index (χ0) is 13.0. The van der Waals surface area contributed by atoms with Gasteiger partial charge in [0, 0.05) is 25.4 Å². The molecular formula is C12H16N2O3. The SMILES string of the molecule is CC(C)CN(C)C(=O)c1ccnc(C(=O)O)c1. The molecule has 1 heterocycles. The van der Waals surface area contributed by atoms with Gasteiger partial charge in [-0.3, -0.25) is 4.79 Å². The van der Waals surface area contributed by atoms with Crippen molar-refractivity contribution in [3.63, 3.8) is 0 Å². The number of rotatable bonds is 4. The van der Waals surface area contributed by atoms with Crippen molar-refractivity contribution in [3.05, 3.63) is 29.6 Å². The van der Waals surface area contributed by atoms with Crippen LogP contribution in [-0.2, 0) is 0 Å². The molecule has 5 heteroatoms. The van der Waals surface area contributed by atoms with E-state index in [2.05, 4.69) is 4.98 Å². The van der Waals surface area contributed by atoms with Crippen molar-refractivity contribution < 1.29 is 14.7 Å². The predicted molar refractivity (Wildman–Crippen MR) is 63.0 cm³/mol. The van der Waals surface area contributed by atoms with Gasteiger partial charge < -0.3 is 10.0 Å². The summed E-state index contributed by atoms with van der Waals surface area (Å²) in [5.74, 6) is -0.959. The minimum atomic E-state index is -1.13. The second-order valence-electron chi connectivity index (χ2n) is 4.31. The van der Waals surface area contributed by atoms with Gasteiger partial charge in [0.15, 0.2) is 0 Å². The van der Waals surface area contributed by atoms with Crippen LogP contribution >= 0.6 is 0 Å². The molecule has 0 spiro atoms. The topological polar surface area (TPSA) is 70.5 Å². The number of pyridine rings is 1. The van der Waals surface area contributed by atoms with E-state index in [0.717, 1.165) is 0 Å². The van der Waals surface area contributed by atoms with Gasteiger partial charge >= 0.3 is 5.97 Å². The molecule has 0 aromatic carbocycles. The van der Waals surface area contributed by atoms with Gasteiger partial charge in [-0.25, -0.2) is 9.78 Å². The van der Waals surface area contributed by atoms with Gasteiger partial charge in [-0.1, -0.05) is 13.8 Å². The number of hydrogen-bond acceptors (Lipinski definition) is 3. The Labute approximate surface area is 100 Å². The van der Waals surface area contributed by atoms with Crippen LogP contribution < -0.4 is 0 Å². The quantitative estimate of drug-likeness (QED) is 0.860. The van der Waals surface area contributed by atoms with Crippen molar-refractivity contribution in [3.8, 4) is 0 Å². The maximum Gasteiger partial charge on any atom is 0.354 e. The number of aromatic nitrogens is 1. The van der Waals surface area contributed by atoms with Gasteiger partial charge in [0.2, 0.25) is 0 Å². The average molecular weight is 236 g/mol. The van der Waals surface area contributed by atoms with E-state index in [1.807, 2.05) is 13.8 Å². The third kappa shape index (κ3) is 3.55. The molecule has 0 atom stereocenters. The summed E-state index contributed by atoms with van der Waals surface area (Å²) in [5.41, 5.74) is 0.231. The first kappa shape index (κ1) is 13.2. The average Bonchev–Trinajstić information content (AvgIpc) is 2.27. The van der Waals surface area contributed by atoms with E-state index in [0.29, 0.717) is 18.0 Å². The van der Waals surface area contributed by atoms with Crippen LogP contribution in [0.25, 0.3) is 0 Å². The molecule has 0 fully saturated rings. The van der Waals surface area contributed by atoms with E-state index in [4.69, 9.17) is 5.11 Å². The van der Waals surface area contributed by atoms with E-state index in [1.165, 1.54) is 18.3 Å². The first-order valence-corrected chi connectivity index (χ1v) is 5.36. The summed E-state index contributed by atoms with van der Waals surface area (Å²) in [6.07, 6.45) is 1.33. The smallest absolute Gasteiger partial charge is 0.354 e. The van der Waals surface area contributed by atoms with Crippen LogP contribution in [0.1, 0.15) is 34.7 Å². The van der Waals surface area contributed by atoms with Crippen molar-refractivity contribution >= 4 is 11.9 Å². The van der Waals surface area contributed by atoms with Crippen LogP contribution in [0.4, 0.5) is 0 Å². The Morgan fingerprint density at radius 1 is 1.47 bits per heavy atom. The summed E-state index contributed by atoms with van der Waals surface area (Å²) < 4.78 is 0. The summed E-state index contributed by atoms with van der Waals surface area (Å²) in [4.78, 5) is 27.9. The summed E-state index contributed by atoms with van der Waals surface area (Å²) >= 11 is 0. The molecule has 0 aliphatic rings. The van der Waals surface area contributed by atoms with Crippen molar-refractivity contribution in [2.75, 3.05) is 13.6 Å². The van der Waals surface area contributed by atoms with Crippen LogP contribution in [-0.4, -0.2) is 40.5 Å². The van der Waals surface area contributed by atoms with Crippen molar-refractivity contribution in [2.45, 2.75) is 13.8 Å². The second-order valence-corrected chi connectivity index (χ2v) is 4.31. The van der Waals surface area contributed by atoms with Gasteiger partial charge in [0.1, 0.15) is 5.69 Å². The van der Waals surface area contributed by atoms with Gasteiger partial charge in [0.05, 0.1) is 0 Å². The fraction of sp³-hybridized carbons (Fsp3) is 0.417. The fourth-order valence-corrected chi connectivity index (χ4v) is 1.53. The third-order valence-corrected chi connectivity index (χ3v) is 2.21. The molecule has 1 amide bonds. The van der Waals surface area contributed by atoms with E-state index in [-0.39, 0.29) is 11.6 Å². The number of carbonyl (C=O) groups is 2. The lowest BCUT2D eigenvalue weighted by atomic mass is 10.1. The van der Waals surface area contributed by atoms with Crippen molar-refractivity contribution in [1.82, 2.24) is 9.88 Å². The molecule has 0 aliphatic heterocycles. The number of aromatic carboxylic acids is 1. The highest BCUT2D eigenvalue weighted by Gasteiger charge is 2.15. The minimum Gasteiger partial charge on any atom is -0.477 e. The molecule has 0 saturated carbocycles. The Morgan fingerprint density at radius 2 is 2.12 bits per heavy atom. The maximum atomic E-state index is 12.0. The zero-order valence-electron chi connectivity index (χ0n) is 10.2. The lowest BCUT2D eigenvalue weighted by Gasteiger charge is -2.19. The van der Waals surface area contributed by atoms with Crippen molar-refractivity contribution in [1.29, 1.82) is 0 Å². The highest BCUT2D eigenvalue weighted by atomic mass is 16.4. The van der Waals surface area contributed by atoms with E-state index < -0.39 is 5.97 Å². The Hall–Kier alpha value is -1.91. The molecule has 0 saturated heterocycles. The number of hydrogen-bond donors (Lipinski definition) is 1. The minimum absolute atomic E-state index is 0.117. The van der Waals surface area contributed by atoms with Crippen LogP contribution in [0.2, 0.25) is 0 Å². The molecular weight excluding hydrogens is 220 g/mol. The van der Waals surface area contributed by atoms with Gasteiger partial charge in [-0.2, -0.15) is 0 Å². The molecule has 1 rings (SSSR count). The molecule has 0 unspecified atom stereocenters. The monoisotopic (exact) mass is 236 g/mol. The van der Waals surface area contributed by atoms with Gasteiger partial charge in [0.25, 0.3) is 5.91 Å². The first-order chi connectivity index (χ1) is 7.91. The summed E-state index contributed by atoms with van der Waals surface area (Å²) in [6, 6.07) is 2.81. The fourth-order valence-electron chi connectivity index (χ4n) is 1.53. The molecule has 5 nitrogen and oxygen atoms in total. The number of amides is 1. The van der Waals surface area contributed by atoms with Gasteiger partial charge in [-0.15, -0.1) is 0 Å². The summed E-state index contributed by atoms with van der Waals surface area (Å²) in [6.45, 7) is 4.65. The maximum absolute atomic E-state index is 12.0. The van der Waals surface area contributed by atoms with Crippen LogP contribution in [0.3, 0.4) is 0 Å².